The highest BCUT2D eigenvalue weighted by Crippen LogP contribution is 2.42. The van der Waals surface area contributed by atoms with Crippen molar-refractivity contribution in [1.82, 2.24) is 4.90 Å². The van der Waals surface area contributed by atoms with E-state index in [0.717, 1.165) is 56.2 Å². The molecule has 2 aliphatic heterocycles. The van der Waals surface area contributed by atoms with Crippen molar-refractivity contribution in [3.05, 3.63) is 64.2 Å². The summed E-state index contributed by atoms with van der Waals surface area (Å²) in [5.41, 5.74) is 2.32. The van der Waals surface area contributed by atoms with E-state index in [1.54, 1.807) is 24.3 Å². The van der Waals surface area contributed by atoms with E-state index < -0.39 is 17.7 Å². The van der Waals surface area contributed by atoms with Crippen molar-refractivity contribution in [2.45, 2.75) is 57.2 Å². The molecule has 0 radical (unpaired) electrons. The smallest absolute Gasteiger partial charge is 0.416 e. The Balaban J connectivity index is 0.00000336. The van der Waals surface area contributed by atoms with Crippen molar-refractivity contribution in [3.8, 4) is 11.5 Å². The van der Waals surface area contributed by atoms with Crippen LogP contribution in [0.2, 0.25) is 0 Å². The number of piperidine rings is 1. The molecule has 1 saturated heterocycles. The maximum Gasteiger partial charge on any atom is 0.416 e. The van der Waals surface area contributed by atoms with Crippen LogP contribution in [0.5, 0.6) is 11.5 Å². The molecule has 9 heteroatoms. The van der Waals surface area contributed by atoms with Crippen molar-refractivity contribution < 1.29 is 32.5 Å². The van der Waals surface area contributed by atoms with Gasteiger partial charge in [-0.15, -0.1) is 12.4 Å². The predicted molar refractivity (Wildman–Crippen MR) is 141 cm³/mol. The zero-order valence-electron chi connectivity index (χ0n) is 21.1. The number of aliphatic carboxylic acids is 1. The number of nitrogens with zero attached hydrogens (tertiary/aromatic N) is 1. The number of hydrogen-bond acceptors (Lipinski definition) is 4. The summed E-state index contributed by atoms with van der Waals surface area (Å²) < 4.78 is 53.1. The second kappa shape index (κ2) is 12.0. The van der Waals surface area contributed by atoms with Gasteiger partial charge < -0.3 is 14.6 Å². The van der Waals surface area contributed by atoms with Crippen LogP contribution >= 0.6 is 12.4 Å². The first-order valence-corrected chi connectivity index (χ1v) is 13.0. The van der Waals surface area contributed by atoms with Crippen molar-refractivity contribution >= 4 is 24.5 Å². The minimum absolute atomic E-state index is 0. The number of hydrogen-bond donors (Lipinski definition) is 1. The van der Waals surface area contributed by atoms with Gasteiger partial charge in [0.05, 0.1) is 11.5 Å². The highest BCUT2D eigenvalue weighted by Gasteiger charge is 2.36. The molecule has 0 amide bonds. The quantitative estimate of drug-likeness (QED) is 0.404. The summed E-state index contributed by atoms with van der Waals surface area (Å²) in [6.45, 7) is 2.53. The molecule has 38 heavy (non-hydrogen) atoms. The zero-order valence-corrected chi connectivity index (χ0v) is 22.0. The van der Waals surface area contributed by atoms with Crippen LogP contribution < -0.4 is 9.47 Å². The lowest BCUT2D eigenvalue weighted by molar-refractivity contribution is -0.143. The Bertz CT molecular complexity index is 1180. The lowest BCUT2D eigenvalue weighted by Crippen LogP contribution is -2.40. The molecular formula is C29H33ClF3NO4. The Labute approximate surface area is 227 Å². The maximum absolute atomic E-state index is 13.8. The van der Waals surface area contributed by atoms with Crippen LogP contribution in [0.15, 0.2) is 42.0 Å². The van der Waals surface area contributed by atoms with E-state index in [-0.39, 0.29) is 30.8 Å². The summed E-state index contributed by atoms with van der Waals surface area (Å²) >= 11 is 0. The molecule has 3 aliphatic rings. The van der Waals surface area contributed by atoms with Gasteiger partial charge in [-0.25, -0.2) is 0 Å². The zero-order chi connectivity index (χ0) is 26.0. The standard InChI is InChI=1S/C29H32F3NO4.ClH/c30-29(31,32)26-13-19(7-10-25(26)21-4-1-2-5-21)17-36-24-9-8-22-12-20(18-37-27(22)14-24)15-33-11-3-6-23(16-33)28(34)35;/h7-10,12-14,21,23H,1-6,11,15-18H2,(H,34,35);1H/t23-;/m1./s1. The van der Waals surface area contributed by atoms with Crippen LogP contribution in [0.25, 0.3) is 6.08 Å². The second-order valence-electron chi connectivity index (χ2n) is 10.4. The molecule has 206 valence electrons. The topological polar surface area (TPSA) is 59.0 Å². The van der Waals surface area contributed by atoms with Crippen LogP contribution in [-0.4, -0.2) is 42.2 Å². The van der Waals surface area contributed by atoms with Gasteiger partial charge in [0.15, 0.2) is 0 Å². The predicted octanol–water partition coefficient (Wildman–Crippen LogP) is 6.94. The highest BCUT2D eigenvalue weighted by atomic mass is 35.5. The molecule has 1 aliphatic carbocycles. The maximum atomic E-state index is 13.8. The largest absolute Gasteiger partial charge is 0.489 e. The van der Waals surface area contributed by atoms with E-state index in [9.17, 15) is 23.1 Å². The van der Waals surface area contributed by atoms with Crippen LogP contribution in [0, 0.1) is 5.92 Å². The van der Waals surface area contributed by atoms with Gasteiger partial charge >= 0.3 is 12.1 Å². The number of halogens is 4. The minimum atomic E-state index is -4.39. The van der Waals surface area contributed by atoms with Crippen LogP contribution in [0.3, 0.4) is 0 Å². The fraction of sp³-hybridized carbons (Fsp3) is 0.483. The lowest BCUT2D eigenvalue weighted by atomic mass is 9.91. The van der Waals surface area contributed by atoms with E-state index in [2.05, 4.69) is 11.0 Å². The fourth-order valence-electron chi connectivity index (χ4n) is 5.76. The van der Waals surface area contributed by atoms with Gasteiger partial charge in [0, 0.05) is 24.7 Å². The number of rotatable bonds is 7. The van der Waals surface area contributed by atoms with Crippen molar-refractivity contribution in [3.63, 3.8) is 0 Å². The average molecular weight is 552 g/mol. The van der Waals surface area contributed by atoms with E-state index in [1.165, 1.54) is 6.07 Å². The number of carboxylic acids is 1. The Kier molecular flexibility index (Phi) is 8.93. The van der Waals surface area contributed by atoms with E-state index in [0.29, 0.717) is 42.3 Å². The number of benzene rings is 2. The Morgan fingerprint density at radius 1 is 1.08 bits per heavy atom. The molecule has 2 aromatic rings. The first-order chi connectivity index (χ1) is 17.8. The number of carboxylic acid groups (broad SMARTS) is 1. The summed E-state index contributed by atoms with van der Waals surface area (Å²) in [5.74, 6) is 0.115. The normalized spacial score (nSPS) is 20.2. The van der Waals surface area contributed by atoms with Gasteiger partial charge in [-0.1, -0.05) is 25.0 Å². The van der Waals surface area contributed by atoms with E-state index >= 15 is 0 Å². The Morgan fingerprint density at radius 2 is 1.87 bits per heavy atom. The van der Waals surface area contributed by atoms with Gasteiger partial charge in [-0.05, 0) is 79.1 Å². The number of alkyl halides is 3. The molecule has 0 aromatic heterocycles. The van der Waals surface area contributed by atoms with Crippen LogP contribution in [0.1, 0.15) is 66.7 Å². The molecule has 5 rings (SSSR count). The van der Waals surface area contributed by atoms with E-state index in [1.807, 2.05) is 6.07 Å². The van der Waals surface area contributed by atoms with E-state index in [4.69, 9.17) is 9.47 Å². The molecule has 0 bridgehead atoms. The number of carbonyl (C=O) groups is 1. The van der Waals surface area contributed by atoms with Gasteiger partial charge in [0.25, 0.3) is 0 Å². The molecule has 5 nitrogen and oxygen atoms in total. The monoisotopic (exact) mass is 551 g/mol. The molecule has 2 fully saturated rings. The molecule has 1 N–H and O–H groups in total. The molecule has 1 saturated carbocycles. The third kappa shape index (κ3) is 6.64. The molecule has 1 atom stereocenters. The highest BCUT2D eigenvalue weighted by molar-refractivity contribution is 5.85. The Hall–Kier alpha value is -2.71. The SMILES string of the molecule is Cl.O=C(O)[C@@H]1CCCN(CC2=Cc3ccc(OCc4ccc(C5CCCC5)c(C(F)(F)F)c4)cc3OC2)C1. The molecule has 2 aromatic carbocycles. The third-order valence-electron chi connectivity index (χ3n) is 7.66. The van der Waals surface area contributed by atoms with Crippen molar-refractivity contribution in [1.29, 1.82) is 0 Å². The van der Waals surface area contributed by atoms with Gasteiger partial charge in [0.2, 0.25) is 0 Å². The molecular weight excluding hydrogens is 519 g/mol. The Morgan fingerprint density at radius 3 is 2.61 bits per heavy atom. The number of fused-ring (bicyclic) bond motifs is 1. The molecule has 0 unspecified atom stereocenters. The summed E-state index contributed by atoms with van der Waals surface area (Å²) in [6.07, 6.45) is 2.84. The first-order valence-electron chi connectivity index (χ1n) is 13.0. The molecule has 2 heterocycles. The summed E-state index contributed by atoms with van der Waals surface area (Å²) in [6, 6.07) is 10.0. The number of likely N-dealkylation sites (tertiary alicyclic amines) is 1. The van der Waals surface area contributed by atoms with Gasteiger partial charge in [-0.2, -0.15) is 13.2 Å². The third-order valence-corrected chi connectivity index (χ3v) is 7.66. The fourth-order valence-corrected chi connectivity index (χ4v) is 5.76. The van der Waals surface area contributed by atoms with Gasteiger partial charge in [0.1, 0.15) is 24.7 Å². The van der Waals surface area contributed by atoms with Gasteiger partial charge in [-0.3, -0.25) is 9.69 Å². The van der Waals surface area contributed by atoms with Crippen LogP contribution in [0.4, 0.5) is 13.2 Å². The van der Waals surface area contributed by atoms with Crippen molar-refractivity contribution in [2.75, 3.05) is 26.2 Å². The lowest BCUT2D eigenvalue weighted by Gasteiger charge is -2.32. The average Bonchev–Trinajstić information content (AvgIpc) is 3.42. The van der Waals surface area contributed by atoms with Crippen molar-refractivity contribution in [2.24, 2.45) is 5.92 Å². The summed E-state index contributed by atoms with van der Waals surface area (Å²) in [7, 11) is 0. The molecule has 0 spiro atoms. The second-order valence-corrected chi connectivity index (χ2v) is 10.4. The summed E-state index contributed by atoms with van der Waals surface area (Å²) in [5, 5.41) is 9.31. The number of ether oxygens (including phenoxy) is 2. The van der Waals surface area contributed by atoms with Crippen LogP contribution in [-0.2, 0) is 17.6 Å². The first kappa shape index (κ1) is 28.3. The minimum Gasteiger partial charge on any atom is -0.489 e. The summed E-state index contributed by atoms with van der Waals surface area (Å²) in [4.78, 5) is 13.5.